The number of carbonyl (C=O) groups excluding carboxylic acids is 1. The molecule has 1 fully saturated rings. The molecule has 0 saturated heterocycles. The second kappa shape index (κ2) is 9.15. The fraction of sp³-hybridized carbons (Fsp3) is 0.929. The average molecular weight is 272 g/mol. The predicted molar refractivity (Wildman–Crippen MR) is 75.1 cm³/mol. The number of rotatable bonds is 7. The van der Waals surface area contributed by atoms with Gasteiger partial charge in [0.05, 0.1) is 6.10 Å². The molecule has 5 heteroatoms. The van der Waals surface area contributed by atoms with Crippen LogP contribution in [-0.4, -0.2) is 56.0 Å². The van der Waals surface area contributed by atoms with E-state index in [1.807, 2.05) is 0 Å². The first-order chi connectivity index (χ1) is 9.15. The highest BCUT2D eigenvalue weighted by molar-refractivity contribution is 5.73. The van der Waals surface area contributed by atoms with Crippen LogP contribution < -0.4 is 5.32 Å². The van der Waals surface area contributed by atoms with E-state index in [-0.39, 0.29) is 18.1 Å². The highest BCUT2D eigenvalue weighted by atomic mass is 16.5. The summed E-state index contributed by atoms with van der Waals surface area (Å²) in [6.45, 7) is 2.06. The fourth-order valence-electron chi connectivity index (χ4n) is 2.54. The number of carbonyl (C=O) groups is 1. The van der Waals surface area contributed by atoms with Crippen molar-refractivity contribution in [3.63, 3.8) is 0 Å². The maximum Gasteiger partial charge on any atom is 0.317 e. The first-order valence-corrected chi connectivity index (χ1v) is 7.31. The molecule has 0 bridgehead atoms. The van der Waals surface area contributed by atoms with Crippen molar-refractivity contribution >= 4 is 6.03 Å². The fourth-order valence-corrected chi connectivity index (χ4v) is 2.54. The average Bonchev–Trinajstić information content (AvgIpc) is 2.41. The number of methoxy groups -OCH3 is 1. The summed E-state index contributed by atoms with van der Waals surface area (Å²) in [4.78, 5) is 13.5. The Morgan fingerprint density at radius 2 is 2.11 bits per heavy atom. The van der Waals surface area contributed by atoms with E-state index >= 15 is 0 Å². The number of aliphatic hydroxyl groups excluding tert-OH is 1. The van der Waals surface area contributed by atoms with Gasteiger partial charge in [-0.1, -0.05) is 12.8 Å². The number of ether oxygens (including phenoxy) is 1. The summed E-state index contributed by atoms with van der Waals surface area (Å²) in [5.41, 5.74) is 0. The van der Waals surface area contributed by atoms with Gasteiger partial charge >= 0.3 is 6.03 Å². The monoisotopic (exact) mass is 272 g/mol. The zero-order chi connectivity index (χ0) is 14.1. The summed E-state index contributed by atoms with van der Waals surface area (Å²) in [5, 5.41) is 12.8. The third-order valence-corrected chi connectivity index (χ3v) is 3.78. The summed E-state index contributed by atoms with van der Waals surface area (Å²) in [5.74, 6) is 0.234. The number of hydrogen-bond acceptors (Lipinski definition) is 3. The lowest BCUT2D eigenvalue weighted by molar-refractivity contribution is 0.0565. The Bertz CT molecular complexity index is 261. The topological polar surface area (TPSA) is 61.8 Å². The third kappa shape index (κ3) is 6.25. The van der Waals surface area contributed by atoms with Gasteiger partial charge in [0, 0.05) is 39.8 Å². The standard InChI is InChI=1S/C14H28N2O3/c1-16(11-12-7-3-4-8-13(12)17)14(18)15-9-5-6-10-19-2/h12-13,17H,3-11H2,1-2H3,(H,15,18). The van der Waals surface area contributed by atoms with Gasteiger partial charge in [0.1, 0.15) is 0 Å². The number of nitrogens with zero attached hydrogens (tertiary/aromatic N) is 1. The lowest BCUT2D eigenvalue weighted by Crippen LogP contribution is -2.43. The van der Waals surface area contributed by atoms with Crippen LogP contribution in [0.4, 0.5) is 4.79 Å². The molecule has 1 aliphatic rings. The Hall–Kier alpha value is -0.810. The van der Waals surface area contributed by atoms with E-state index in [0.717, 1.165) is 45.1 Å². The molecular formula is C14H28N2O3. The van der Waals surface area contributed by atoms with E-state index in [0.29, 0.717) is 13.1 Å². The van der Waals surface area contributed by atoms with Crippen LogP contribution in [-0.2, 0) is 4.74 Å². The Morgan fingerprint density at radius 1 is 1.37 bits per heavy atom. The molecule has 2 atom stereocenters. The third-order valence-electron chi connectivity index (χ3n) is 3.78. The van der Waals surface area contributed by atoms with Crippen molar-refractivity contribution in [2.24, 2.45) is 5.92 Å². The van der Waals surface area contributed by atoms with Crippen LogP contribution in [0.3, 0.4) is 0 Å². The van der Waals surface area contributed by atoms with Crippen molar-refractivity contribution in [2.45, 2.75) is 44.6 Å². The number of unbranched alkanes of at least 4 members (excludes halogenated alkanes) is 1. The van der Waals surface area contributed by atoms with Crippen LogP contribution >= 0.6 is 0 Å². The molecule has 0 aromatic carbocycles. The lowest BCUT2D eigenvalue weighted by atomic mass is 9.86. The van der Waals surface area contributed by atoms with E-state index in [2.05, 4.69) is 5.32 Å². The zero-order valence-electron chi connectivity index (χ0n) is 12.2. The quantitative estimate of drug-likeness (QED) is 0.692. The van der Waals surface area contributed by atoms with Gasteiger partial charge in [-0.3, -0.25) is 0 Å². The van der Waals surface area contributed by atoms with Crippen molar-refractivity contribution < 1.29 is 14.6 Å². The van der Waals surface area contributed by atoms with E-state index in [9.17, 15) is 9.90 Å². The molecule has 19 heavy (non-hydrogen) atoms. The minimum absolute atomic E-state index is 0.0461. The molecule has 0 spiro atoms. The maximum absolute atomic E-state index is 11.9. The molecular weight excluding hydrogens is 244 g/mol. The van der Waals surface area contributed by atoms with Crippen molar-refractivity contribution in [3.8, 4) is 0 Å². The molecule has 2 N–H and O–H groups in total. The van der Waals surface area contributed by atoms with Gasteiger partial charge in [0.2, 0.25) is 0 Å². The van der Waals surface area contributed by atoms with Gasteiger partial charge in [0.15, 0.2) is 0 Å². The minimum Gasteiger partial charge on any atom is -0.393 e. The van der Waals surface area contributed by atoms with E-state index in [1.54, 1.807) is 19.1 Å². The maximum atomic E-state index is 11.9. The van der Waals surface area contributed by atoms with Crippen LogP contribution in [0.15, 0.2) is 0 Å². The summed E-state index contributed by atoms with van der Waals surface area (Å²) in [6, 6.07) is -0.0461. The number of hydrogen-bond donors (Lipinski definition) is 2. The smallest absolute Gasteiger partial charge is 0.317 e. The molecule has 1 saturated carbocycles. The normalized spacial score (nSPS) is 23.1. The number of nitrogens with one attached hydrogen (secondary N) is 1. The molecule has 2 amide bonds. The number of amides is 2. The summed E-state index contributed by atoms with van der Waals surface area (Å²) >= 11 is 0. The Labute approximate surface area is 116 Å². The number of aliphatic hydroxyl groups is 1. The Morgan fingerprint density at radius 3 is 2.79 bits per heavy atom. The van der Waals surface area contributed by atoms with Crippen LogP contribution in [0.1, 0.15) is 38.5 Å². The Kier molecular flexibility index (Phi) is 7.82. The van der Waals surface area contributed by atoms with Crippen molar-refractivity contribution in [1.29, 1.82) is 0 Å². The molecule has 2 unspecified atom stereocenters. The SMILES string of the molecule is COCCCCNC(=O)N(C)CC1CCCCC1O. The van der Waals surface area contributed by atoms with Crippen molar-refractivity contribution in [2.75, 3.05) is 33.9 Å². The second-order valence-electron chi connectivity index (χ2n) is 5.42. The van der Waals surface area contributed by atoms with Crippen LogP contribution in [0.2, 0.25) is 0 Å². The van der Waals surface area contributed by atoms with Crippen molar-refractivity contribution in [1.82, 2.24) is 10.2 Å². The predicted octanol–water partition coefficient (Wildman–Crippen LogP) is 1.61. The molecule has 1 aliphatic carbocycles. The summed E-state index contributed by atoms with van der Waals surface area (Å²) < 4.78 is 4.96. The highest BCUT2D eigenvalue weighted by Crippen LogP contribution is 2.24. The van der Waals surface area contributed by atoms with Crippen LogP contribution in [0, 0.1) is 5.92 Å². The van der Waals surface area contributed by atoms with E-state index < -0.39 is 0 Å². The highest BCUT2D eigenvalue weighted by Gasteiger charge is 2.25. The number of urea groups is 1. The first-order valence-electron chi connectivity index (χ1n) is 7.31. The van der Waals surface area contributed by atoms with E-state index in [4.69, 9.17) is 4.74 Å². The summed E-state index contributed by atoms with van der Waals surface area (Å²) in [7, 11) is 3.48. The Balaban J connectivity index is 2.16. The zero-order valence-corrected chi connectivity index (χ0v) is 12.2. The molecule has 0 heterocycles. The van der Waals surface area contributed by atoms with Crippen LogP contribution in [0.5, 0.6) is 0 Å². The molecule has 0 aromatic rings. The minimum atomic E-state index is -0.245. The van der Waals surface area contributed by atoms with E-state index in [1.165, 1.54) is 0 Å². The lowest BCUT2D eigenvalue weighted by Gasteiger charge is -2.31. The molecule has 1 rings (SSSR count). The van der Waals surface area contributed by atoms with Crippen LogP contribution in [0.25, 0.3) is 0 Å². The summed E-state index contributed by atoms with van der Waals surface area (Å²) in [6.07, 6.45) is 5.80. The molecule has 0 aromatic heterocycles. The van der Waals surface area contributed by atoms with Crippen molar-refractivity contribution in [3.05, 3.63) is 0 Å². The molecule has 5 nitrogen and oxygen atoms in total. The molecule has 0 radical (unpaired) electrons. The molecule has 112 valence electrons. The van der Waals surface area contributed by atoms with Gasteiger partial charge < -0.3 is 20.1 Å². The first kappa shape index (κ1) is 16.2. The largest absolute Gasteiger partial charge is 0.393 e. The van der Waals surface area contributed by atoms with Gasteiger partial charge in [-0.25, -0.2) is 4.79 Å². The van der Waals surface area contributed by atoms with Gasteiger partial charge in [0.25, 0.3) is 0 Å². The molecule has 0 aliphatic heterocycles. The van der Waals surface area contributed by atoms with Gasteiger partial charge in [-0.15, -0.1) is 0 Å². The van der Waals surface area contributed by atoms with Gasteiger partial charge in [-0.2, -0.15) is 0 Å². The van der Waals surface area contributed by atoms with Gasteiger partial charge in [-0.05, 0) is 25.7 Å². The second-order valence-corrected chi connectivity index (χ2v) is 5.42.